The largest absolute Gasteiger partial charge is 0.480 e. The Labute approximate surface area is 126 Å². The van der Waals surface area contributed by atoms with Crippen LogP contribution in [-0.4, -0.2) is 50.7 Å². The van der Waals surface area contributed by atoms with Gasteiger partial charge in [-0.2, -0.15) is 0 Å². The molecule has 0 radical (unpaired) electrons. The minimum Gasteiger partial charge on any atom is -0.480 e. The summed E-state index contributed by atoms with van der Waals surface area (Å²) in [6.45, 7) is 3.44. The number of carboxylic acid groups (broad SMARTS) is 1. The lowest BCUT2D eigenvalue weighted by atomic mass is 9.95. The Balaban J connectivity index is 1.76. The fourth-order valence-corrected chi connectivity index (χ4v) is 2.49. The molecule has 0 spiro atoms. The molecule has 6 nitrogen and oxygen atoms in total. The van der Waals surface area contributed by atoms with E-state index in [-0.39, 0.29) is 0 Å². The number of nitrogens with zero attached hydrogens (tertiary/aromatic N) is 3. The first-order chi connectivity index (χ1) is 9.90. The average Bonchev–Trinajstić information content (AvgIpc) is 3.12. The molecule has 1 atom stereocenters. The molecule has 1 aliphatic carbocycles. The highest BCUT2D eigenvalue weighted by molar-refractivity contribution is 5.78. The van der Waals surface area contributed by atoms with Crippen LogP contribution in [-0.2, 0) is 18.4 Å². The molecule has 1 aliphatic rings. The van der Waals surface area contributed by atoms with Crippen LogP contribution in [0.3, 0.4) is 0 Å². The molecule has 2 N–H and O–H groups in total. The van der Waals surface area contributed by atoms with E-state index in [2.05, 4.69) is 15.2 Å². The van der Waals surface area contributed by atoms with Crippen molar-refractivity contribution in [3.63, 3.8) is 0 Å². The minimum atomic E-state index is -0.800. The molecule has 1 aromatic rings. The first kappa shape index (κ1) is 16.0. The van der Waals surface area contributed by atoms with Gasteiger partial charge in [-0.1, -0.05) is 0 Å². The second-order valence-electron chi connectivity index (χ2n) is 6.35. The van der Waals surface area contributed by atoms with Crippen LogP contribution in [0.15, 0.2) is 12.4 Å². The van der Waals surface area contributed by atoms with E-state index in [0.29, 0.717) is 12.5 Å². The molecular weight excluding hydrogens is 268 g/mol. The highest BCUT2D eigenvalue weighted by Gasteiger charge is 2.37. The van der Waals surface area contributed by atoms with Gasteiger partial charge in [0.25, 0.3) is 0 Å². The lowest BCUT2D eigenvalue weighted by Crippen LogP contribution is -2.50. The molecule has 1 saturated carbocycles. The van der Waals surface area contributed by atoms with Crippen LogP contribution in [0.4, 0.5) is 0 Å². The van der Waals surface area contributed by atoms with E-state index >= 15 is 0 Å². The summed E-state index contributed by atoms with van der Waals surface area (Å²) < 4.78 is 2.01. The number of carbonyl (C=O) groups is 1. The van der Waals surface area contributed by atoms with E-state index in [1.54, 1.807) is 13.1 Å². The van der Waals surface area contributed by atoms with Crippen molar-refractivity contribution >= 4 is 5.97 Å². The maximum atomic E-state index is 11.5. The summed E-state index contributed by atoms with van der Waals surface area (Å²) >= 11 is 0. The van der Waals surface area contributed by atoms with Crippen LogP contribution >= 0.6 is 0 Å². The summed E-state index contributed by atoms with van der Waals surface area (Å²) in [6, 6.07) is 0.399. The zero-order chi connectivity index (χ0) is 15.5. The van der Waals surface area contributed by atoms with Gasteiger partial charge in [0, 0.05) is 25.5 Å². The van der Waals surface area contributed by atoms with Crippen LogP contribution in [0, 0.1) is 0 Å². The highest BCUT2D eigenvalue weighted by Crippen LogP contribution is 2.25. The molecule has 0 amide bonds. The van der Waals surface area contributed by atoms with Crippen LogP contribution in [0.5, 0.6) is 0 Å². The summed E-state index contributed by atoms with van der Waals surface area (Å²) in [4.78, 5) is 18.0. The van der Waals surface area contributed by atoms with Crippen LogP contribution in [0.25, 0.3) is 0 Å². The first-order valence-corrected chi connectivity index (χ1v) is 7.56. The van der Waals surface area contributed by atoms with E-state index in [0.717, 1.165) is 38.2 Å². The summed E-state index contributed by atoms with van der Waals surface area (Å²) in [5, 5.41) is 12.7. The van der Waals surface area contributed by atoms with Gasteiger partial charge in [0.05, 0.1) is 6.54 Å². The summed E-state index contributed by atoms with van der Waals surface area (Å²) in [5.74, 6) is 0.274. The predicted octanol–water partition coefficient (Wildman–Crippen LogP) is 1.23. The second kappa shape index (κ2) is 6.58. The van der Waals surface area contributed by atoms with Gasteiger partial charge in [-0.15, -0.1) is 0 Å². The van der Waals surface area contributed by atoms with Gasteiger partial charge in [-0.3, -0.25) is 15.0 Å². The van der Waals surface area contributed by atoms with Gasteiger partial charge >= 0.3 is 5.97 Å². The minimum absolute atomic E-state index is 0.399. The maximum Gasteiger partial charge on any atom is 0.323 e. The molecule has 1 unspecified atom stereocenters. The highest BCUT2D eigenvalue weighted by atomic mass is 16.4. The van der Waals surface area contributed by atoms with E-state index in [4.69, 9.17) is 0 Å². The summed E-state index contributed by atoms with van der Waals surface area (Å²) in [6.07, 6.45) is 7.42. The van der Waals surface area contributed by atoms with Gasteiger partial charge in [-0.05, 0) is 46.2 Å². The summed E-state index contributed by atoms with van der Waals surface area (Å²) in [7, 11) is 4.03. The van der Waals surface area contributed by atoms with Crippen molar-refractivity contribution in [1.29, 1.82) is 0 Å². The number of hydrogen-bond acceptors (Lipinski definition) is 4. The van der Waals surface area contributed by atoms with Gasteiger partial charge in [-0.25, -0.2) is 4.98 Å². The number of aliphatic carboxylic acids is 1. The average molecular weight is 294 g/mol. The molecule has 1 heterocycles. The van der Waals surface area contributed by atoms with Crippen LogP contribution in [0.2, 0.25) is 0 Å². The number of rotatable bonds is 9. The van der Waals surface area contributed by atoms with Crippen molar-refractivity contribution in [2.24, 2.45) is 7.05 Å². The normalized spacial score (nSPS) is 17.9. The van der Waals surface area contributed by atoms with Crippen molar-refractivity contribution in [2.45, 2.75) is 50.7 Å². The Morgan fingerprint density at radius 3 is 2.86 bits per heavy atom. The third-order valence-electron chi connectivity index (χ3n) is 4.12. The number of imidazole rings is 1. The standard InChI is InChI=1S/C15H26N4O2/c1-15(14(20)21,17-12-5-6-12)7-4-9-18(2)11-13-16-8-10-19(13)3/h8,10,12,17H,4-7,9,11H2,1-3H3,(H,20,21). The number of aryl methyl sites for hydroxylation is 1. The van der Waals surface area contributed by atoms with Gasteiger partial charge < -0.3 is 9.67 Å². The summed E-state index contributed by atoms with van der Waals surface area (Å²) in [5.41, 5.74) is -0.800. The molecule has 0 aromatic carbocycles. The Bertz CT molecular complexity index is 484. The SMILES string of the molecule is CN(CCCC(C)(NC1CC1)C(=O)O)Cc1nccn1C. The third-order valence-corrected chi connectivity index (χ3v) is 4.12. The van der Waals surface area contributed by atoms with Crippen molar-refractivity contribution in [2.75, 3.05) is 13.6 Å². The smallest absolute Gasteiger partial charge is 0.323 e. The van der Waals surface area contributed by atoms with Gasteiger partial charge in [0.2, 0.25) is 0 Å². The molecule has 1 aromatic heterocycles. The van der Waals surface area contributed by atoms with Crippen molar-refractivity contribution < 1.29 is 9.90 Å². The Morgan fingerprint density at radius 2 is 2.33 bits per heavy atom. The van der Waals surface area contributed by atoms with E-state index in [9.17, 15) is 9.90 Å². The molecule has 0 saturated heterocycles. The van der Waals surface area contributed by atoms with E-state index < -0.39 is 11.5 Å². The topological polar surface area (TPSA) is 70.4 Å². The van der Waals surface area contributed by atoms with Gasteiger partial charge in [0.1, 0.15) is 11.4 Å². The van der Waals surface area contributed by atoms with E-state index in [1.807, 2.05) is 24.9 Å². The zero-order valence-electron chi connectivity index (χ0n) is 13.2. The lowest BCUT2D eigenvalue weighted by molar-refractivity contribution is -0.144. The number of nitrogens with one attached hydrogen (secondary N) is 1. The van der Waals surface area contributed by atoms with E-state index in [1.165, 1.54) is 0 Å². The fourth-order valence-electron chi connectivity index (χ4n) is 2.49. The van der Waals surface area contributed by atoms with Crippen LogP contribution < -0.4 is 5.32 Å². The molecular formula is C15H26N4O2. The second-order valence-corrected chi connectivity index (χ2v) is 6.35. The zero-order valence-corrected chi connectivity index (χ0v) is 13.2. The monoisotopic (exact) mass is 294 g/mol. The van der Waals surface area contributed by atoms with Gasteiger partial charge in [0.15, 0.2) is 0 Å². The van der Waals surface area contributed by atoms with Crippen molar-refractivity contribution in [3.05, 3.63) is 18.2 Å². The number of aromatic nitrogens is 2. The quantitative estimate of drug-likeness (QED) is 0.717. The molecule has 0 aliphatic heterocycles. The van der Waals surface area contributed by atoms with Crippen molar-refractivity contribution in [1.82, 2.24) is 19.8 Å². The molecule has 1 fully saturated rings. The number of hydrogen-bond donors (Lipinski definition) is 2. The molecule has 6 heteroatoms. The van der Waals surface area contributed by atoms with Crippen LogP contribution in [0.1, 0.15) is 38.4 Å². The maximum absolute atomic E-state index is 11.5. The molecule has 0 bridgehead atoms. The predicted molar refractivity (Wildman–Crippen MR) is 81.0 cm³/mol. The molecule has 21 heavy (non-hydrogen) atoms. The Hall–Kier alpha value is -1.40. The number of carboxylic acids is 1. The Kier molecular flexibility index (Phi) is 5.00. The third kappa shape index (κ3) is 4.54. The molecule has 2 rings (SSSR count). The first-order valence-electron chi connectivity index (χ1n) is 7.56. The molecule has 118 valence electrons. The Morgan fingerprint density at radius 1 is 1.62 bits per heavy atom. The van der Waals surface area contributed by atoms with Crippen molar-refractivity contribution in [3.8, 4) is 0 Å². The fraction of sp³-hybridized carbons (Fsp3) is 0.733. The lowest BCUT2D eigenvalue weighted by Gasteiger charge is -2.27.